The lowest BCUT2D eigenvalue weighted by molar-refractivity contribution is -0.118. The highest BCUT2D eigenvalue weighted by molar-refractivity contribution is 6.01. The number of nitrogens with one attached hydrogen (secondary N) is 1. The number of rotatable bonds is 3. The number of benzene rings is 2. The summed E-state index contributed by atoms with van der Waals surface area (Å²) in [4.78, 5) is 12.6. The number of anilines is 1. The smallest absolute Gasteiger partial charge is 0.235 e. The van der Waals surface area contributed by atoms with Gasteiger partial charge in [0.25, 0.3) is 0 Å². The average molecular weight is 265 g/mol. The molecular formula is C18H19NO. The van der Waals surface area contributed by atoms with Crippen molar-refractivity contribution < 1.29 is 4.79 Å². The SMILES string of the molecule is Cc1cccc(NC(=O)C2(c3ccccc3)CC2)c1C. The molecule has 102 valence electrons. The molecule has 1 aliphatic carbocycles. The molecule has 2 nitrogen and oxygen atoms in total. The Bertz CT molecular complexity index is 642. The van der Waals surface area contributed by atoms with Gasteiger partial charge in [-0.3, -0.25) is 4.79 Å². The molecule has 1 N–H and O–H groups in total. The Morgan fingerprint density at radius 2 is 1.70 bits per heavy atom. The van der Waals surface area contributed by atoms with E-state index in [1.165, 1.54) is 5.56 Å². The van der Waals surface area contributed by atoms with Crippen LogP contribution >= 0.6 is 0 Å². The molecule has 0 heterocycles. The van der Waals surface area contributed by atoms with Gasteiger partial charge in [0.05, 0.1) is 5.41 Å². The van der Waals surface area contributed by atoms with Gasteiger partial charge in [0.2, 0.25) is 5.91 Å². The van der Waals surface area contributed by atoms with Gasteiger partial charge in [-0.05, 0) is 49.4 Å². The Morgan fingerprint density at radius 3 is 2.35 bits per heavy atom. The minimum absolute atomic E-state index is 0.123. The predicted molar refractivity (Wildman–Crippen MR) is 81.9 cm³/mol. The summed E-state index contributed by atoms with van der Waals surface area (Å²) in [5.74, 6) is 0.123. The maximum atomic E-state index is 12.6. The van der Waals surface area contributed by atoms with Crippen LogP contribution in [0, 0.1) is 13.8 Å². The molecule has 0 atom stereocenters. The van der Waals surface area contributed by atoms with E-state index in [2.05, 4.69) is 30.4 Å². The van der Waals surface area contributed by atoms with Crippen LogP contribution in [0.15, 0.2) is 48.5 Å². The largest absolute Gasteiger partial charge is 0.325 e. The van der Waals surface area contributed by atoms with E-state index in [0.29, 0.717) is 0 Å². The number of aryl methyl sites for hydroxylation is 1. The lowest BCUT2D eigenvalue weighted by Gasteiger charge is -2.17. The van der Waals surface area contributed by atoms with Crippen LogP contribution in [0.2, 0.25) is 0 Å². The summed E-state index contributed by atoms with van der Waals surface area (Å²) in [6, 6.07) is 16.1. The summed E-state index contributed by atoms with van der Waals surface area (Å²) >= 11 is 0. The third kappa shape index (κ3) is 2.11. The zero-order valence-electron chi connectivity index (χ0n) is 11.9. The first-order valence-electron chi connectivity index (χ1n) is 7.07. The van der Waals surface area contributed by atoms with E-state index in [1.807, 2.05) is 37.3 Å². The van der Waals surface area contributed by atoms with Crippen LogP contribution in [0.25, 0.3) is 0 Å². The maximum absolute atomic E-state index is 12.6. The van der Waals surface area contributed by atoms with Crippen molar-refractivity contribution in [3.8, 4) is 0 Å². The third-order valence-electron chi connectivity index (χ3n) is 4.36. The van der Waals surface area contributed by atoms with Gasteiger partial charge in [0.15, 0.2) is 0 Å². The number of carbonyl (C=O) groups excluding carboxylic acids is 1. The van der Waals surface area contributed by atoms with Crippen molar-refractivity contribution in [3.63, 3.8) is 0 Å². The van der Waals surface area contributed by atoms with Gasteiger partial charge in [-0.1, -0.05) is 42.5 Å². The Hall–Kier alpha value is -2.09. The van der Waals surface area contributed by atoms with Crippen LogP contribution < -0.4 is 5.32 Å². The molecule has 0 spiro atoms. The molecule has 0 saturated heterocycles. The lowest BCUT2D eigenvalue weighted by Crippen LogP contribution is -2.28. The van der Waals surface area contributed by atoms with E-state index in [1.54, 1.807) is 0 Å². The summed E-state index contributed by atoms with van der Waals surface area (Å²) in [6.45, 7) is 4.11. The van der Waals surface area contributed by atoms with E-state index >= 15 is 0 Å². The molecule has 1 amide bonds. The molecule has 2 aromatic rings. The van der Waals surface area contributed by atoms with Crippen molar-refractivity contribution in [2.45, 2.75) is 32.1 Å². The van der Waals surface area contributed by atoms with E-state index < -0.39 is 0 Å². The maximum Gasteiger partial charge on any atom is 0.235 e. The Morgan fingerprint density at radius 1 is 1.00 bits per heavy atom. The third-order valence-corrected chi connectivity index (χ3v) is 4.36. The summed E-state index contributed by atoms with van der Waals surface area (Å²) < 4.78 is 0. The van der Waals surface area contributed by atoms with Crippen molar-refractivity contribution >= 4 is 11.6 Å². The lowest BCUT2D eigenvalue weighted by atomic mass is 9.94. The molecule has 0 unspecified atom stereocenters. The van der Waals surface area contributed by atoms with Gasteiger partial charge >= 0.3 is 0 Å². The van der Waals surface area contributed by atoms with Crippen LogP contribution in [0.1, 0.15) is 29.5 Å². The number of hydrogen-bond donors (Lipinski definition) is 1. The van der Waals surface area contributed by atoms with E-state index in [-0.39, 0.29) is 11.3 Å². The van der Waals surface area contributed by atoms with Gasteiger partial charge in [-0.2, -0.15) is 0 Å². The average Bonchev–Trinajstić information content (AvgIpc) is 3.26. The van der Waals surface area contributed by atoms with Crippen LogP contribution in [0.3, 0.4) is 0 Å². The number of amides is 1. The van der Waals surface area contributed by atoms with Crippen LogP contribution in [0.4, 0.5) is 5.69 Å². The monoisotopic (exact) mass is 265 g/mol. The molecule has 3 rings (SSSR count). The second-order valence-corrected chi connectivity index (χ2v) is 5.65. The van der Waals surface area contributed by atoms with Crippen LogP contribution in [-0.4, -0.2) is 5.91 Å². The second kappa shape index (κ2) is 4.78. The van der Waals surface area contributed by atoms with E-state index in [4.69, 9.17) is 0 Å². The van der Waals surface area contributed by atoms with E-state index in [0.717, 1.165) is 29.7 Å². The molecule has 1 saturated carbocycles. The topological polar surface area (TPSA) is 29.1 Å². The Kier molecular flexibility index (Phi) is 3.09. The highest BCUT2D eigenvalue weighted by atomic mass is 16.2. The number of hydrogen-bond acceptors (Lipinski definition) is 1. The molecule has 0 radical (unpaired) electrons. The molecule has 0 aromatic heterocycles. The van der Waals surface area contributed by atoms with E-state index in [9.17, 15) is 4.79 Å². The normalized spacial score (nSPS) is 15.7. The van der Waals surface area contributed by atoms with Crippen molar-refractivity contribution in [3.05, 3.63) is 65.2 Å². The molecule has 2 heteroatoms. The first-order chi connectivity index (χ1) is 9.63. The van der Waals surface area contributed by atoms with Gasteiger partial charge in [-0.15, -0.1) is 0 Å². The van der Waals surface area contributed by atoms with Crippen molar-refractivity contribution in [1.29, 1.82) is 0 Å². The van der Waals surface area contributed by atoms with Gasteiger partial charge in [0, 0.05) is 5.69 Å². The fourth-order valence-corrected chi connectivity index (χ4v) is 2.66. The first-order valence-corrected chi connectivity index (χ1v) is 7.07. The summed E-state index contributed by atoms with van der Waals surface area (Å²) in [7, 11) is 0. The Labute approximate surface area is 119 Å². The molecule has 1 aliphatic rings. The fraction of sp³-hybridized carbons (Fsp3) is 0.278. The number of carbonyl (C=O) groups is 1. The van der Waals surface area contributed by atoms with Crippen molar-refractivity contribution in [2.75, 3.05) is 5.32 Å². The molecule has 0 aliphatic heterocycles. The minimum atomic E-state index is -0.308. The molecule has 0 bridgehead atoms. The van der Waals surface area contributed by atoms with Crippen LogP contribution in [-0.2, 0) is 10.2 Å². The fourth-order valence-electron chi connectivity index (χ4n) is 2.66. The molecule has 2 aromatic carbocycles. The van der Waals surface area contributed by atoms with Crippen molar-refractivity contribution in [1.82, 2.24) is 0 Å². The predicted octanol–water partition coefficient (Wildman–Crippen LogP) is 3.97. The summed E-state index contributed by atoms with van der Waals surface area (Å²) in [6.07, 6.45) is 1.88. The second-order valence-electron chi connectivity index (χ2n) is 5.65. The molecular weight excluding hydrogens is 246 g/mol. The standard InChI is InChI=1S/C18H19NO/c1-13-7-6-10-16(14(13)2)19-17(20)18(11-12-18)15-8-4-3-5-9-15/h3-10H,11-12H2,1-2H3,(H,19,20). The van der Waals surface area contributed by atoms with Crippen molar-refractivity contribution in [2.24, 2.45) is 0 Å². The molecule has 1 fully saturated rings. The minimum Gasteiger partial charge on any atom is -0.325 e. The zero-order chi connectivity index (χ0) is 14.2. The quantitative estimate of drug-likeness (QED) is 0.893. The van der Waals surface area contributed by atoms with Gasteiger partial charge < -0.3 is 5.32 Å². The highest BCUT2D eigenvalue weighted by Gasteiger charge is 2.51. The summed E-state index contributed by atoms with van der Waals surface area (Å²) in [5, 5.41) is 3.11. The zero-order valence-corrected chi connectivity index (χ0v) is 11.9. The highest BCUT2D eigenvalue weighted by Crippen LogP contribution is 2.49. The Balaban J connectivity index is 1.86. The van der Waals surface area contributed by atoms with Gasteiger partial charge in [-0.25, -0.2) is 0 Å². The van der Waals surface area contributed by atoms with Crippen LogP contribution in [0.5, 0.6) is 0 Å². The summed E-state index contributed by atoms with van der Waals surface area (Å²) in [5.41, 5.74) is 4.09. The molecule has 20 heavy (non-hydrogen) atoms. The first kappa shape index (κ1) is 12.9. The van der Waals surface area contributed by atoms with Gasteiger partial charge in [0.1, 0.15) is 0 Å².